The van der Waals surface area contributed by atoms with Crippen molar-refractivity contribution in [1.82, 2.24) is 14.9 Å². The van der Waals surface area contributed by atoms with Crippen LogP contribution in [0, 0.1) is 12.8 Å². The molecule has 1 heterocycles. The molecule has 0 saturated carbocycles. The summed E-state index contributed by atoms with van der Waals surface area (Å²) in [4.78, 5) is 10.8. The summed E-state index contributed by atoms with van der Waals surface area (Å²) in [6.45, 7) is 13.2. The second kappa shape index (κ2) is 5.74. The van der Waals surface area contributed by atoms with E-state index in [-0.39, 0.29) is 0 Å². The Bertz CT molecular complexity index is 538. The monoisotopic (exact) mass is 259 g/mol. The molecule has 0 spiro atoms. The van der Waals surface area contributed by atoms with Gasteiger partial charge in [-0.2, -0.15) is 0 Å². The number of hydrogen-bond acceptors (Lipinski definition) is 2. The Labute approximate surface area is 116 Å². The lowest BCUT2D eigenvalue weighted by Crippen LogP contribution is -2.32. The highest BCUT2D eigenvalue weighted by atomic mass is 15.2. The molecular formula is C16H25N3. The number of nitrogens with zero attached hydrogens (tertiary/aromatic N) is 2. The van der Waals surface area contributed by atoms with E-state index >= 15 is 0 Å². The van der Waals surface area contributed by atoms with Gasteiger partial charge in [0.05, 0.1) is 17.1 Å². The molecule has 1 aromatic carbocycles. The maximum absolute atomic E-state index is 4.80. The van der Waals surface area contributed by atoms with Gasteiger partial charge in [-0.3, -0.25) is 4.90 Å². The maximum Gasteiger partial charge on any atom is 0.124 e. The van der Waals surface area contributed by atoms with Crippen LogP contribution in [-0.4, -0.2) is 28.0 Å². The molecule has 1 unspecified atom stereocenters. The van der Waals surface area contributed by atoms with Crippen LogP contribution in [0.5, 0.6) is 0 Å². The Morgan fingerprint density at radius 3 is 2.47 bits per heavy atom. The highest BCUT2D eigenvalue weighted by Crippen LogP contribution is 2.28. The summed E-state index contributed by atoms with van der Waals surface area (Å²) in [5, 5.41) is 0. The fourth-order valence-corrected chi connectivity index (χ4v) is 2.81. The number of H-pyrrole nitrogens is 1. The van der Waals surface area contributed by atoms with E-state index in [4.69, 9.17) is 4.98 Å². The minimum absolute atomic E-state index is 0.364. The van der Waals surface area contributed by atoms with Crippen LogP contribution in [0.4, 0.5) is 0 Å². The van der Waals surface area contributed by atoms with Crippen molar-refractivity contribution in [2.75, 3.05) is 13.1 Å². The molecule has 0 aliphatic carbocycles. The zero-order valence-electron chi connectivity index (χ0n) is 12.7. The molecule has 2 rings (SSSR count). The fourth-order valence-electron chi connectivity index (χ4n) is 2.81. The van der Waals surface area contributed by atoms with Gasteiger partial charge in [-0.25, -0.2) is 4.98 Å². The molecular weight excluding hydrogens is 234 g/mol. The van der Waals surface area contributed by atoms with Gasteiger partial charge in [-0.15, -0.1) is 0 Å². The third kappa shape index (κ3) is 2.81. The number of benzene rings is 1. The molecule has 3 heteroatoms. The summed E-state index contributed by atoms with van der Waals surface area (Å²) in [6.07, 6.45) is 0. The molecule has 0 aliphatic heterocycles. The van der Waals surface area contributed by atoms with Gasteiger partial charge >= 0.3 is 0 Å². The maximum atomic E-state index is 4.80. The van der Waals surface area contributed by atoms with Crippen molar-refractivity contribution in [2.24, 2.45) is 5.92 Å². The Kier molecular flexibility index (Phi) is 4.25. The average Bonchev–Trinajstić information content (AvgIpc) is 2.77. The lowest BCUT2D eigenvalue weighted by molar-refractivity contribution is 0.165. The van der Waals surface area contributed by atoms with E-state index in [2.05, 4.69) is 62.7 Å². The molecule has 19 heavy (non-hydrogen) atoms. The summed E-state index contributed by atoms with van der Waals surface area (Å²) >= 11 is 0. The van der Waals surface area contributed by atoms with Gasteiger partial charge in [0, 0.05) is 0 Å². The van der Waals surface area contributed by atoms with Gasteiger partial charge < -0.3 is 4.98 Å². The molecule has 2 aromatic rings. The molecule has 1 atom stereocenters. The molecule has 0 saturated heterocycles. The highest BCUT2D eigenvalue weighted by molar-refractivity contribution is 5.75. The lowest BCUT2D eigenvalue weighted by Gasteiger charge is -2.31. The first kappa shape index (κ1) is 14.1. The number of aromatic amines is 1. The summed E-state index contributed by atoms with van der Waals surface area (Å²) in [5.74, 6) is 1.64. The van der Waals surface area contributed by atoms with Crippen LogP contribution in [-0.2, 0) is 0 Å². The van der Waals surface area contributed by atoms with Crippen LogP contribution >= 0.6 is 0 Å². The van der Waals surface area contributed by atoms with Crippen LogP contribution in [0.1, 0.15) is 45.1 Å². The first-order valence-electron chi connectivity index (χ1n) is 7.27. The minimum atomic E-state index is 0.364. The Hall–Kier alpha value is -1.35. The van der Waals surface area contributed by atoms with Gasteiger partial charge in [0.1, 0.15) is 5.82 Å². The zero-order chi connectivity index (χ0) is 14.0. The van der Waals surface area contributed by atoms with E-state index in [9.17, 15) is 0 Å². The third-order valence-corrected chi connectivity index (χ3v) is 3.77. The molecule has 0 fully saturated rings. The molecule has 0 bridgehead atoms. The Morgan fingerprint density at radius 2 is 1.89 bits per heavy atom. The van der Waals surface area contributed by atoms with Gasteiger partial charge in [-0.05, 0) is 43.6 Å². The van der Waals surface area contributed by atoms with Crippen LogP contribution in [0.3, 0.4) is 0 Å². The molecule has 104 valence electrons. The number of fused-ring (bicyclic) bond motifs is 1. The predicted octanol–water partition coefficient (Wildman–Crippen LogP) is 3.91. The van der Waals surface area contributed by atoms with Crippen molar-refractivity contribution in [3.05, 3.63) is 29.6 Å². The van der Waals surface area contributed by atoms with Crippen molar-refractivity contribution in [1.29, 1.82) is 0 Å². The standard InChI is InChI=1S/C16H25N3/c1-6-19(7-2)15(11(3)4)16-17-13-9-8-12(5)10-14(13)18-16/h8-11,15H,6-7H2,1-5H3,(H,17,18). The van der Waals surface area contributed by atoms with E-state index in [1.165, 1.54) is 5.56 Å². The van der Waals surface area contributed by atoms with Crippen LogP contribution < -0.4 is 0 Å². The van der Waals surface area contributed by atoms with Gasteiger partial charge in [0.2, 0.25) is 0 Å². The highest BCUT2D eigenvalue weighted by Gasteiger charge is 2.24. The zero-order valence-corrected chi connectivity index (χ0v) is 12.7. The molecule has 1 N–H and O–H groups in total. The molecule has 0 radical (unpaired) electrons. The molecule has 1 aromatic heterocycles. The summed E-state index contributed by atoms with van der Waals surface area (Å²) in [6, 6.07) is 6.76. The quantitative estimate of drug-likeness (QED) is 0.882. The van der Waals surface area contributed by atoms with Gasteiger partial charge in [0.15, 0.2) is 0 Å². The first-order valence-corrected chi connectivity index (χ1v) is 7.27. The summed E-state index contributed by atoms with van der Waals surface area (Å²) < 4.78 is 0. The number of imidazole rings is 1. The normalized spacial score (nSPS) is 13.6. The second-order valence-corrected chi connectivity index (χ2v) is 5.55. The van der Waals surface area contributed by atoms with Crippen LogP contribution in [0.2, 0.25) is 0 Å². The second-order valence-electron chi connectivity index (χ2n) is 5.55. The SMILES string of the molecule is CCN(CC)C(c1nc2ccc(C)cc2[nH]1)C(C)C. The minimum Gasteiger partial charge on any atom is -0.341 e. The van der Waals surface area contributed by atoms with Crippen LogP contribution in [0.15, 0.2) is 18.2 Å². The van der Waals surface area contributed by atoms with Crippen molar-refractivity contribution in [3.8, 4) is 0 Å². The molecule has 3 nitrogen and oxygen atoms in total. The average molecular weight is 259 g/mol. The Balaban J connectivity index is 2.44. The summed E-state index contributed by atoms with van der Waals surface area (Å²) in [7, 11) is 0. The van der Waals surface area contributed by atoms with Crippen molar-refractivity contribution in [3.63, 3.8) is 0 Å². The van der Waals surface area contributed by atoms with Crippen molar-refractivity contribution < 1.29 is 0 Å². The largest absolute Gasteiger partial charge is 0.341 e. The number of hydrogen-bond donors (Lipinski definition) is 1. The lowest BCUT2D eigenvalue weighted by atomic mass is 10.0. The van der Waals surface area contributed by atoms with E-state index in [0.29, 0.717) is 12.0 Å². The topological polar surface area (TPSA) is 31.9 Å². The number of aryl methyl sites for hydroxylation is 1. The van der Waals surface area contributed by atoms with Crippen molar-refractivity contribution >= 4 is 11.0 Å². The smallest absolute Gasteiger partial charge is 0.124 e. The van der Waals surface area contributed by atoms with E-state index < -0.39 is 0 Å². The Morgan fingerprint density at radius 1 is 1.21 bits per heavy atom. The fraction of sp³-hybridized carbons (Fsp3) is 0.562. The van der Waals surface area contributed by atoms with Gasteiger partial charge in [0.25, 0.3) is 0 Å². The van der Waals surface area contributed by atoms with Crippen molar-refractivity contribution in [2.45, 2.75) is 40.7 Å². The number of aromatic nitrogens is 2. The third-order valence-electron chi connectivity index (χ3n) is 3.77. The van der Waals surface area contributed by atoms with E-state index in [1.54, 1.807) is 0 Å². The predicted molar refractivity (Wildman–Crippen MR) is 81.3 cm³/mol. The first-order chi connectivity index (χ1) is 9.06. The molecule has 0 amide bonds. The number of rotatable bonds is 5. The number of nitrogens with one attached hydrogen (secondary N) is 1. The van der Waals surface area contributed by atoms with E-state index in [1.807, 2.05) is 0 Å². The van der Waals surface area contributed by atoms with Gasteiger partial charge in [-0.1, -0.05) is 33.8 Å². The van der Waals surface area contributed by atoms with Crippen LogP contribution in [0.25, 0.3) is 11.0 Å². The molecule has 0 aliphatic rings. The summed E-state index contributed by atoms with van der Waals surface area (Å²) in [5.41, 5.74) is 3.48. The van der Waals surface area contributed by atoms with E-state index in [0.717, 1.165) is 29.9 Å².